The number of nitrogens with one attached hydrogen (secondary N) is 1. The maximum absolute atomic E-state index is 12.9. The largest absolute Gasteiger partial charge is 0.397 e. The van der Waals surface area contributed by atoms with E-state index in [2.05, 4.69) is 22.2 Å². The van der Waals surface area contributed by atoms with Gasteiger partial charge in [0.2, 0.25) is 0 Å². The van der Waals surface area contributed by atoms with Gasteiger partial charge in [0.25, 0.3) is 0 Å². The van der Waals surface area contributed by atoms with Crippen LogP contribution in [-0.4, -0.2) is 54.0 Å². The van der Waals surface area contributed by atoms with E-state index in [-0.39, 0.29) is 6.03 Å². The molecule has 0 unspecified atom stereocenters. The molecule has 0 radical (unpaired) electrons. The number of nitrogen functional groups attached to an aromatic ring is 1. The molecule has 7 rings (SSSR count). The van der Waals surface area contributed by atoms with E-state index in [0.29, 0.717) is 22.7 Å². The molecule has 6 nitrogen and oxygen atoms in total. The van der Waals surface area contributed by atoms with Crippen LogP contribution in [0.25, 0.3) is 11.1 Å². The predicted molar refractivity (Wildman–Crippen MR) is 136 cm³/mol. The Labute approximate surface area is 202 Å². The third-order valence-corrected chi connectivity index (χ3v) is 8.89. The van der Waals surface area contributed by atoms with Gasteiger partial charge in [0.1, 0.15) is 0 Å². The van der Waals surface area contributed by atoms with Crippen LogP contribution < -0.4 is 11.1 Å². The molecule has 1 aromatic carbocycles. The van der Waals surface area contributed by atoms with Crippen LogP contribution in [0.5, 0.6) is 0 Å². The van der Waals surface area contributed by atoms with Crippen LogP contribution in [0.3, 0.4) is 0 Å². The molecule has 6 heteroatoms. The van der Waals surface area contributed by atoms with Gasteiger partial charge in [-0.1, -0.05) is 6.07 Å². The van der Waals surface area contributed by atoms with Gasteiger partial charge in [-0.15, -0.1) is 0 Å². The number of benzene rings is 1. The van der Waals surface area contributed by atoms with Crippen molar-refractivity contribution >= 4 is 17.4 Å². The van der Waals surface area contributed by atoms with Gasteiger partial charge in [-0.2, -0.15) is 0 Å². The number of carbonyl (C=O) groups excluding carboxylic acids is 1. The number of nitrogens with zero attached hydrogens (tertiary/aromatic N) is 3. The van der Waals surface area contributed by atoms with E-state index in [9.17, 15) is 4.79 Å². The summed E-state index contributed by atoms with van der Waals surface area (Å²) in [5.74, 6) is 3.58. The smallest absolute Gasteiger partial charge is 0.321 e. The fourth-order valence-corrected chi connectivity index (χ4v) is 8.00. The van der Waals surface area contributed by atoms with Gasteiger partial charge in [0.15, 0.2) is 0 Å². The first-order valence-corrected chi connectivity index (χ1v) is 13.0. The van der Waals surface area contributed by atoms with Gasteiger partial charge >= 0.3 is 6.03 Å². The number of carbonyl (C=O) groups is 1. The number of hydrogen-bond donors (Lipinski definition) is 2. The molecule has 4 bridgehead atoms. The number of aromatic nitrogens is 1. The lowest BCUT2D eigenvalue weighted by atomic mass is 9.49. The Bertz CT molecular complexity index is 1010. The summed E-state index contributed by atoms with van der Waals surface area (Å²) in [6.45, 7) is 3.98. The molecule has 34 heavy (non-hydrogen) atoms. The van der Waals surface area contributed by atoms with Crippen molar-refractivity contribution in [1.82, 2.24) is 14.8 Å². The summed E-state index contributed by atoms with van der Waals surface area (Å²) in [6.07, 6.45) is 12.4. The summed E-state index contributed by atoms with van der Waals surface area (Å²) in [5, 5.41) is 3.03. The number of amides is 2. The Balaban J connectivity index is 1.01. The molecule has 1 aromatic heterocycles. The maximum atomic E-state index is 12.9. The minimum atomic E-state index is -0.0569. The van der Waals surface area contributed by atoms with Gasteiger partial charge in [0.05, 0.1) is 11.4 Å². The standard InChI is InChI=1S/C28H37N5O/c1-32(18-28-12-19-8-20(13-28)10-21(9-19)14-28)15-22-16-33(17-22)27(34)31-26-11-24(2-3-25(26)29)23-4-6-30-7-5-23/h2-7,11,19-22H,8-10,12-18,29H2,1H3,(H,31,34). The van der Waals surface area contributed by atoms with Crippen LogP contribution in [0.1, 0.15) is 38.5 Å². The van der Waals surface area contributed by atoms with Crippen LogP contribution in [0.4, 0.5) is 16.2 Å². The monoisotopic (exact) mass is 459 g/mol. The predicted octanol–water partition coefficient (Wildman–Crippen LogP) is 4.94. The van der Waals surface area contributed by atoms with Gasteiger partial charge in [-0.3, -0.25) is 4.98 Å². The fourth-order valence-electron chi connectivity index (χ4n) is 8.00. The molecular formula is C28H37N5O. The van der Waals surface area contributed by atoms with Crippen molar-refractivity contribution in [3.05, 3.63) is 42.7 Å². The van der Waals surface area contributed by atoms with E-state index in [0.717, 1.165) is 48.5 Å². The van der Waals surface area contributed by atoms with Crippen molar-refractivity contribution in [2.75, 3.05) is 44.3 Å². The Kier molecular flexibility index (Phi) is 5.51. The van der Waals surface area contributed by atoms with Gasteiger partial charge < -0.3 is 20.9 Å². The van der Waals surface area contributed by atoms with E-state index >= 15 is 0 Å². The van der Waals surface area contributed by atoms with Crippen LogP contribution in [-0.2, 0) is 0 Å². The highest BCUT2D eigenvalue weighted by Crippen LogP contribution is 2.60. The molecule has 1 saturated heterocycles. The Hall–Kier alpha value is -2.60. The van der Waals surface area contributed by atoms with Crippen molar-refractivity contribution in [3.63, 3.8) is 0 Å². The molecule has 2 aromatic rings. The summed E-state index contributed by atoms with van der Waals surface area (Å²) < 4.78 is 0. The zero-order chi connectivity index (χ0) is 23.3. The number of urea groups is 1. The van der Waals surface area contributed by atoms with Crippen molar-refractivity contribution in [2.24, 2.45) is 29.1 Å². The summed E-state index contributed by atoms with van der Waals surface area (Å²) >= 11 is 0. The minimum absolute atomic E-state index is 0.0569. The lowest BCUT2D eigenvalue weighted by Gasteiger charge is -2.58. The average Bonchev–Trinajstić information content (AvgIpc) is 2.76. The first-order valence-electron chi connectivity index (χ1n) is 13.0. The normalized spacial score (nSPS) is 29.9. The molecule has 4 saturated carbocycles. The number of rotatable bonds is 6. The van der Waals surface area contributed by atoms with Crippen molar-refractivity contribution < 1.29 is 4.79 Å². The second-order valence-corrected chi connectivity index (χ2v) is 11.9. The number of anilines is 2. The molecule has 180 valence electrons. The first-order chi connectivity index (χ1) is 16.4. The van der Waals surface area contributed by atoms with E-state index in [4.69, 9.17) is 5.73 Å². The van der Waals surface area contributed by atoms with Crippen LogP contribution >= 0.6 is 0 Å². The quantitative estimate of drug-likeness (QED) is 0.600. The summed E-state index contributed by atoms with van der Waals surface area (Å²) in [5.41, 5.74) is 10.1. The average molecular weight is 460 g/mol. The van der Waals surface area contributed by atoms with Gasteiger partial charge in [-0.25, -0.2) is 4.79 Å². The Morgan fingerprint density at radius 3 is 2.35 bits per heavy atom. The van der Waals surface area contributed by atoms with Gasteiger partial charge in [0, 0.05) is 44.5 Å². The molecule has 5 fully saturated rings. The molecule has 3 N–H and O–H groups in total. The maximum Gasteiger partial charge on any atom is 0.321 e. The number of pyridine rings is 1. The molecule has 2 heterocycles. The summed E-state index contributed by atoms with van der Waals surface area (Å²) in [7, 11) is 2.30. The van der Waals surface area contributed by atoms with Gasteiger partial charge in [-0.05, 0) is 104 Å². The number of likely N-dealkylation sites (tertiary alicyclic amines) is 1. The third kappa shape index (κ3) is 4.28. The fraction of sp³-hybridized carbons (Fsp3) is 0.571. The van der Waals surface area contributed by atoms with Crippen LogP contribution in [0, 0.1) is 29.1 Å². The molecule has 0 spiro atoms. The highest BCUT2D eigenvalue weighted by atomic mass is 16.2. The minimum Gasteiger partial charge on any atom is -0.397 e. The topological polar surface area (TPSA) is 74.5 Å². The van der Waals surface area contributed by atoms with E-state index in [1.165, 1.54) is 45.1 Å². The highest BCUT2D eigenvalue weighted by Gasteiger charge is 2.51. The first kappa shape index (κ1) is 21.9. The Morgan fingerprint density at radius 2 is 1.71 bits per heavy atom. The number of nitrogens with two attached hydrogens (primary N) is 1. The molecule has 0 atom stereocenters. The van der Waals surface area contributed by atoms with Crippen LogP contribution in [0.2, 0.25) is 0 Å². The van der Waals surface area contributed by atoms with E-state index in [1.807, 2.05) is 35.2 Å². The highest BCUT2D eigenvalue weighted by molar-refractivity contribution is 5.94. The molecule has 4 aliphatic carbocycles. The molecule has 5 aliphatic rings. The summed E-state index contributed by atoms with van der Waals surface area (Å²) in [4.78, 5) is 21.4. The third-order valence-electron chi connectivity index (χ3n) is 8.89. The zero-order valence-electron chi connectivity index (χ0n) is 20.2. The second kappa shape index (κ2) is 8.56. The number of hydrogen-bond acceptors (Lipinski definition) is 4. The van der Waals surface area contributed by atoms with E-state index in [1.54, 1.807) is 12.4 Å². The summed E-state index contributed by atoms with van der Waals surface area (Å²) in [6, 6.07) is 9.62. The Morgan fingerprint density at radius 1 is 1.06 bits per heavy atom. The molecular weight excluding hydrogens is 422 g/mol. The lowest BCUT2D eigenvalue weighted by Crippen LogP contribution is -2.56. The zero-order valence-corrected chi connectivity index (χ0v) is 20.2. The second-order valence-electron chi connectivity index (χ2n) is 11.9. The molecule has 2 amide bonds. The van der Waals surface area contributed by atoms with Crippen LogP contribution in [0.15, 0.2) is 42.7 Å². The SMILES string of the molecule is CN(CC1CN(C(=O)Nc2cc(-c3ccncc3)ccc2N)C1)CC12CC3CC(CC(C3)C1)C2. The molecule has 1 aliphatic heterocycles. The van der Waals surface area contributed by atoms with Crippen molar-refractivity contribution in [1.29, 1.82) is 0 Å². The lowest BCUT2D eigenvalue weighted by molar-refractivity contribution is -0.0692. The van der Waals surface area contributed by atoms with Crippen molar-refractivity contribution in [2.45, 2.75) is 38.5 Å². The van der Waals surface area contributed by atoms with Crippen molar-refractivity contribution in [3.8, 4) is 11.1 Å². The van der Waals surface area contributed by atoms with E-state index < -0.39 is 0 Å².